The molecule has 0 radical (unpaired) electrons. The fourth-order valence-corrected chi connectivity index (χ4v) is 1.41. The molecule has 0 aliphatic heterocycles. The number of carboxylic acid groups (broad SMARTS) is 1. The summed E-state index contributed by atoms with van der Waals surface area (Å²) in [5.41, 5.74) is 0.906. The molecule has 0 aliphatic rings. The van der Waals surface area contributed by atoms with Gasteiger partial charge in [-0.25, -0.2) is 0 Å². The van der Waals surface area contributed by atoms with Gasteiger partial charge in [-0.15, -0.1) is 0 Å². The van der Waals surface area contributed by atoms with Crippen molar-refractivity contribution < 1.29 is 14.3 Å². The van der Waals surface area contributed by atoms with Crippen molar-refractivity contribution in [1.29, 1.82) is 0 Å². The average molecular weight is 204 g/mol. The highest BCUT2D eigenvalue weighted by molar-refractivity contribution is 5.79. The third-order valence-corrected chi connectivity index (χ3v) is 2.08. The maximum Gasteiger partial charge on any atom is 0.307 e. The topological polar surface area (TPSA) is 67.5 Å². The van der Waals surface area contributed by atoms with E-state index in [1.54, 1.807) is 18.2 Å². The van der Waals surface area contributed by atoms with E-state index >= 15 is 0 Å². The van der Waals surface area contributed by atoms with Gasteiger partial charge in [-0.3, -0.25) is 9.59 Å². The second kappa shape index (κ2) is 3.57. The van der Waals surface area contributed by atoms with Crippen LogP contribution in [-0.2, 0) is 11.2 Å². The molecule has 0 unspecified atom stereocenters. The molecule has 4 nitrogen and oxygen atoms in total. The molecule has 15 heavy (non-hydrogen) atoms. The van der Waals surface area contributed by atoms with Gasteiger partial charge in [0.25, 0.3) is 0 Å². The molecule has 2 aromatic rings. The van der Waals surface area contributed by atoms with Crippen LogP contribution in [0.1, 0.15) is 5.56 Å². The quantitative estimate of drug-likeness (QED) is 0.803. The number of fused-ring (bicyclic) bond motifs is 1. The van der Waals surface area contributed by atoms with Crippen molar-refractivity contribution in [2.75, 3.05) is 0 Å². The predicted molar refractivity (Wildman–Crippen MR) is 53.8 cm³/mol. The van der Waals surface area contributed by atoms with Gasteiger partial charge in [0.05, 0.1) is 18.1 Å². The van der Waals surface area contributed by atoms with Crippen molar-refractivity contribution in [3.8, 4) is 0 Å². The molecule has 1 aromatic carbocycles. The van der Waals surface area contributed by atoms with Crippen LogP contribution in [0.3, 0.4) is 0 Å². The van der Waals surface area contributed by atoms with Gasteiger partial charge in [-0.1, -0.05) is 6.07 Å². The number of rotatable bonds is 2. The Labute approximate surface area is 84.8 Å². The first-order chi connectivity index (χ1) is 7.16. The molecule has 4 heteroatoms. The summed E-state index contributed by atoms with van der Waals surface area (Å²) in [6.45, 7) is 0. The van der Waals surface area contributed by atoms with E-state index in [9.17, 15) is 9.59 Å². The minimum absolute atomic E-state index is 0.0749. The predicted octanol–water partition coefficient (Wildman–Crippen LogP) is 1.42. The third kappa shape index (κ3) is 1.88. The molecule has 0 aliphatic carbocycles. The zero-order valence-corrected chi connectivity index (χ0v) is 7.77. The smallest absolute Gasteiger partial charge is 0.307 e. The molecular formula is C11H8O4. The Hall–Kier alpha value is -2.10. The van der Waals surface area contributed by atoms with E-state index in [-0.39, 0.29) is 11.8 Å². The lowest BCUT2D eigenvalue weighted by Crippen LogP contribution is -2.02. The number of benzene rings is 1. The van der Waals surface area contributed by atoms with Crippen molar-refractivity contribution in [3.05, 3.63) is 46.3 Å². The highest BCUT2D eigenvalue weighted by atomic mass is 16.4. The number of carboxylic acids is 1. The van der Waals surface area contributed by atoms with Gasteiger partial charge in [0.2, 0.25) is 0 Å². The van der Waals surface area contributed by atoms with Crippen LogP contribution in [0.25, 0.3) is 11.0 Å². The molecule has 0 saturated carbocycles. The van der Waals surface area contributed by atoms with Crippen LogP contribution in [0.2, 0.25) is 0 Å². The van der Waals surface area contributed by atoms with Crippen LogP contribution < -0.4 is 5.43 Å². The Morgan fingerprint density at radius 2 is 2.13 bits per heavy atom. The summed E-state index contributed by atoms with van der Waals surface area (Å²) < 4.78 is 5.12. The first kappa shape index (κ1) is 9.45. The summed E-state index contributed by atoms with van der Waals surface area (Å²) in [4.78, 5) is 21.8. The molecule has 0 spiro atoms. The largest absolute Gasteiger partial charge is 0.481 e. The van der Waals surface area contributed by atoms with Crippen LogP contribution in [0, 0.1) is 0 Å². The van der Waals surface area contributed by atoms with Crippen molar-refractivity contribution in [2.24, 2.45) is 0 Å². The van der Waals surface area contributed by atoms with Gasteiger partial charge in [0.15, 0.2) is 5.43 Å². The van der Waals surface area contributed by atoms with Gasteiger partial charge < -0.3 is 9.52 Å². The Bertz CT molecular complexity index is 568. The summed E-state index contributed by atoms with van der Waals surface area (Å²) in [5, 5.41) is 9.07. The van der Waals surface area contributed by atoms with Gasteiger partial charge in [-0.2, -0.15) is 0 Å². The van der Waals surface area contributed by atoms with Gasteiger partial charge in [-0.05, 0) is 17.7 Å². The first-order valence-corrected chi connectivity index (χ1v) is 4.39. The summed E-state index contributed by atoms with van der Waals surface area (Å²) in [5.74, 6) is -0.910. The minimum atomic E-state index is -0.910. The summed E-state index contributed by atoms with van der Waals surface area (Å²) in [6, 6.07) is 6.11. The number of hydrogen-bond acceptors (Lipinski definition) is 3. The zero-order valence-electron chi connectivity index (χ0n) is 7.77. The normalized spacial score (nSPS) is 10.4. The summed E-state index contributed by atoms with van der Waals surface area (Å²) >= 11 is 0. The summed E-state index contributed by atoms with van der Waals surface area (Å²) in [7, 11) is 0. The monoisotopic (exact) mass is 204 g/mol. The molecule has 76 valence electrons. The highest BCUT2D eigenvalue weighted by Crippen LogP contribution is 2.12. The second-order valence-electron chi connectivity index (χ2n) is 3.19. The van der Waals surface area contributed by atoms with Gasteiger partial charge in [0, 0.05) is 6.07 Å². The van der Waals surface area contributed by atoms with Crippen molar-refractivity contribution in [2.45, 2.75) is 6.42 Å². The second-order valence-corrected chi connectivity index (χ2v) is 3.19. The van der Waals surface area contributed by atoms with Gasteiger partial charge >= 0.3 is 5.97 Å². The standard InChI is InChI=1S/C11H8O4/c12-9-3-4-15-10-5-7(6-11(13)14)1-2-8(9)10/h1-5H,6H2,(H,13,14). The van der Waals surface area contributed by atoms with Crippen molar-refractivity contribution in [1.82, 2.24) is 0 Å². The zero-order chi connectivity index (χ0) is 10.8. The van der Waals surface area contributed by atoms with E-state index in [1.165, 1.54) is 12.3 Å². The van der Waals surface area contributed by atoms with Crippen molar-refractivity contribution in [3.63, 3.8) is 0 Å². The molecule has 1 aromatic heterocycles. The molecule has 0 bridgehead atoms. The molecular weight excluding hydrogens is 196 g/mol. The Morgan fingerprint density at radius 3 is 2.87 bits per heavy atom. The lowest BCUT2D eigenvalue weighted by atomic mass is 10.1. The van der Waals surface area contributed by atoms with E-state index in [0.29, 0.717) is 16.5 Å². The Balaban J connectivity index is 2.57. The van der Waals surface area contributed by atoms with Gasteiger partial charge in [0.1, 0.15) is 5.58 Å². The van der Waals surface area contributed by atoms with Crippen LogP contribution in [0.15, 0.2) is 39.7 Å². The van der Waals surface area contributed by atoms with Crippen LogP contribution in [-0.4, -0.2) is 11.1 Å². The molecule has 0 amide bonds. The molecule has 0 saturated heterocycles. The van der Waals surface area contributed by atoms with Crippen LogP contribution in [0.4, 0.5) is 0 Å². The fourth-order valence-electron chi connectivity index (χ4n) is 1.41. The molecule has 0 fully saturated rings. The van der Waals surface area contributed by atoms with Crippen LogP contribution in [0.5, 0.6) is 0 Å². The van der Waals surface area contributed by atoms with E-state index in [4.69, 9.17) is 9.52 Å². The van der Waals surface area contributed by atoms with Crippen molar-refractivity contribution >= 4 is 16.9 Å². The first-order valence-electron chi connectivity index (χ1n) is 4.39. The van der Waals surface area contributed by atoms with E-state index < -0.39 is 5.97 Å². The third-order valence-electron chi connectivity index (χ3n) is 2.08. The SMILES string of the molecule is O=C(O)Cc1ccc2c(=O)ccoc2c1. The maximum atomic E-state index is 11.3. The maximum absolute atomic E-state index is 11.3. The molecule has 2 rings (SSSR count). The van der Waals surface area contributed by atoms with E-state index in [0.717, 1.165) is 0 Å². The molecule has 1 heterocycles. The van der Waals surface area contributed by atoms with E-state index in [2.05, 4.69) is 0 Å². The van der Waals surface area contributed by atoms with Crippen LogP contribution >= 0.6 is 0 Å². The Kier molecular flexibility index (Phi) is 2.25. The summed E-state index contributed by atoms with van der Waals surface area (Å²) in [6.07, 6.45) is 1.23. The molecule has 0 atom stereocenters. The number of hydrogen-bond donors (Lipinski definition) is 1. The highest BCUT2D eigenvalue weighted by Gasteiger charge is 2.04. The molecule has 1 N–H and O–H groups in total. The minimum Gasteiger partial charge on any atom is -0.481 e. The lowest BCUT2D eigenvalue weighted by Gasteiger charge is -1.99. The Morgan fingerprint density at radius 1 is 1.33 bits per heavy atom. The number of carbonyl (C=O) groups is 1. The lowest BCUT2D eigenvalue weighted by molar-refractivity contribution is -0.136. The van der Waals surface area contributed by atoms with E-state index in [1.807, 2.05) is 0 Å². The average Bonchev–Trinajstić information content (AvgIpc) is 2.17. The fraction of sp³-hybridized carbons (Fsp3) is 0.0909. The number of aliphatic carboxylic acids is 1.